The van der Waals surface area contributed by atoms with Gasteiger partial charge >= 0.3 is 5.97 Å². The molecule has 0 unspecified atom stereocenters. The zero-order valence-electron chi connectivity index (χ0n) is 16.3. The zero-order chi connectivity index (χ0) is 20.6. The Morgan fingerprint density at radius 1 is 1.14 bits per heavy atom. The number of ether oxygens (including phenoxy) is 2. The van der Waals surface area contributed by atoms with E-state index in [0.717, 1.165) is 20.8 Å². The highest BCUT2D eigenvalue weighted by Crippen LogP contribution is 2.22. The van der Waals surface area contributed by atoms with E-state index in [0.29, 0.717) is 18.9 Å². The van der Waals surface area contributed by atoms with Gasteiger partial charge in [-0.2, -0.15) is 0 Å². The first-order chi connectivity index (χ1) is 14.1. The average molecular weight is 410 g/mol. The van der Waals surface area contributed by atoms with Gasteiger partial charge in [-0.25, -0.2) is 9.78 Å². The van der Waals surface area contributed by atoms with Gasteiger partial charge in [0.1, 0.15) is 10.8 Å². The van der Waals surface area contributed by atoms with Crippen molar-refractivity contribution in [2.45, 2.75) is 13.5 Å². The first-order valence-corrected chi connectivity index (χ1v) is 10.0. The third kappa shape index (κ3) is 5.65. The Bertz CT molecular complexity index is 995. The van der Waals surface area contributed by atoms with Crippen LogP contribution in [-0.4, -0.2) is 42.0 Å². The highest BCUT2D eigenvalue weighted by Gasteiger charge is 2.14. The van der Waals surface area contributed by atoms with Gasteiger partial charge in [0.2, 0.25) is 0 Å². The molecule has 29 heavy (non-hydrogen) atoms. The van der Waals surface area contributed by atoms with Crippen LogP contribution in [0.5, 0.6) is 5.75 Å². The molecule has 0 aliphatic rings. The molecule has 150 valence electrons. The number of amides is 1. The lowest BCUT2D eigenvalue weighted by Gasteiger charge is -2.15. The molecule has 6 nitrogen and oxygen atoms in total. The summed E-state index contributed by atoms with van der Waals surface area (Å²) >= 11 is 1.54. The lowest BCUT2D eigenvalue weighted by molar-refractivity contribution is -0.147. The second-order valence-electron chi connectivity index (χ2n) is 6.24. The molecular weight excluding hydrogens is 388 g/mol. The summed E-state index contributed by atoms with van der Waals surface area (Å²) in [6, 6.07) is 15.2. The van der Waals surface area contributed by atoms with E-state index in [1.807, 2.05) is 55.5 Å². The molecule has 0 aliphatic carbocycles. The minimum absolute atomic E-state index is 0.291. The van der Waals surface area contributed by atoms with E-state index in [2.05, 4.69) is 4.98 Å². The number of benzene rings is 2. The highest BCUT2D eigenvalue weighted by molar-refractivity contribution is 7.18. The Morgan fingerprint density at radius 3 is 2.69 bits per heavy atom. The fourth-order valence-corrected chi connectivity index (χ4v) is 3.65. The maximum absolute atomic E-state index is 12.3. The predicted octanol–water partition coefficient (Wildman–Crippen LogP) is 3.91. The van der Waals surface area contributed by atoms with E-state index in [4.69, 9.17) is 9.47 Å². The molecule has 0 fully saturated rings. The van der Waals surface area contributed by atoms with E-state index in [9.17, 15) is 9.59 Å². The molecule has 3 rings (SSSR count). The Kier molecular flexibility index (Phi) is 6.97. The van der Waals surface area contributed by atoms with Gasteiger partial charge < -0.3 is 14.4 Å². The number of aromatic nitrogens is 1. The molecule has 3 aromatic rings. The molecule has 7 heteroatoms. The fourth-order valence-electron chi connectivity index (χ4n) is 2.63. The van der Waals surface area contributed by atoms with E-state index < -0.39 is 5.97 Å². The molecule has 0 atom stereocenters. The van der Waals surface area contributed by atoms with Crippen LogP contribution in [0.2, 0.25) is 0 Å². The van der Waals surface area contributed by atoms with Crippen LogP contribution >= 0.6 is 11.3 Å². The van der Waals surface area contributed by atoms with E-state index in [1.54, 1.807) is 24.5 Å². The van der Waals surface area contributed by atoms with E-state index in [1.165, 1.54) is 11.0 Å². The van der Waals surface area contributed by atoms with E-state index in [-0.39, 0.29) is 12.5 Å². The summed E-state index contributed by atoms with van der Waals surface area (Å²) < 4.78 is 11.7. The van der Waals surface area contributed by atoms with Crippen molar-refractivity contribution in [2.24, 2.45) is 0 Å². The number of carbonyl (C=O) groups excluding carboxylic acids is 2. The van der Waals surface area contributed by atoms with Crippen molar-refractivity contribution in [3.05, 3.63) is 65.2 Å². The van der Waals surface area contributed by atoms with Crippen LogP contribution in [0.1, 0.15) is 17.5 Å². The first kappa shape index (κ1) is 20.5. The summed E-state index contributed by atoms with van der Waals surface area (Å²) in [5.74, 6) is -0.190. The van der Waals surface area contributed by atoms with Gasteiger partial charge in [0.05, 0.1) is 23.4 Å². The molecule has 2 aromatic carbocycles. The number of hydrogen-bond donors (Lipinski definition) is 0. The molecule has 0 aliphatic heterocycles. The maximum atomic E-state index is 12.3. The van der Waals surface area contributed by atoms with Crippen molar-refractivity contribution in [3.8, 4) is 5.75 Å². The second-order valence-corrected chi connectivity index (χ2v) is 7.35. The monoisotopic (exact) mass is 410 g/mol. The summed E-state index contributed by atoms with van der Waals surface area (Å²) in [6.45, 7) is 2.47. The number of likely N-dealkylation sites (N-methyl/N-ethyl adjacent to an activating group) is 1. The third-order valence-electron chi connectivity index (χ3n) is 4.09. The summed E-state index contributed by atoms with van der Waals surface area (Å²) in [6.07, 6.45) is 2.90. The Balaban J connectivity index is 1.51. The number of para-hydroxylation sites is 2. The maximum Gasteiger partial charge on any atom is 0.331 e. The highest BCUT2D eigenvalue weighted by atomic mass is 32.1. The fraction of sp³-hybridized carbons (Fsp3) is 0.227. The number of thiazole rings is 1. The van der Waals surface area contributed by atoms with Crippen molar-refractivity contribution >= 4 is 39.5 Å². The van der Waals surface area contributed by atoms with Crippen LogP contribution in [0, 0.1) is 0 Å². The van der Waals surface area contributed by atoms with Gasteiger partial charge in [-0.05, 0) is 31.2 Å². The largest absolute Gasteiger partial charge is 0.493 e. The van der Waals surface area contributed by atoms with Crippen LogP contribution in [0.4, 0.5) is 0 Å². The zero-order valence-corrected chi connectivity index (χ0v) is 17.1. The number of rotatable bonds is 8. The average Bonchev–Trinajstić information content (AvgIpc) is 3.13. The van der Waals surface area contributed by atoms with Crippen LogP contribution in [0.15, 0.2) is 54.6 Å². The molecule has 0 radical (unpaired) electrons. The van der Waals surface area contributed by atoms with Crippen molar-refractivity contribution in [1.82, 2.24) is 9.88 Å². The van der Waals surface area contributed by atoms with Crippen molar-refractivity contribution in [1.29, 1.82) is 0 Å². The molecule has 1 aromatic heterocycles. The normalized spacial score (nSPS) is 11.0. The van der Waals surface area contributed by atoms with Gasteiger partial charge in [-0.3, -0.25) is 4.79 Å². The summed E-state index contributed by atoms with van der Waals surface area (Å²) in [5.41, 5.74) is 1.68. The molecule has 0 saturated heterocycles. The topological polar surface area (TPSA) is 68.7 Å². The second kappa shape index (κ2) is 9.84. The van der Waals surface area contributed by atoms with Crippen LogP contribution in [-0.2, 0) is 20.9 Å². The predicted molar refractivity (Wildman–Crippen MR) is 114 cm³/mol. The van der Waals surface area contributed by atoms with E-state index >= 15 is 0 Å². The number of nitrogens with zero attached hydrogens (tertiary/aromatic N) is 2. The molecule has 0 N–H and O–H groups in total. The number of esters is 1. The Labute approximate surface area is 173 Å². The van der Waals surface area contributed by atoms with Gasteiger partial charge in [0.15, 0.2) is 6.61 Å². The number of fused-ring (bicyclic) bond motifs is 1. The lowest BCUT2D eigenvalue weighted by atomic mass is 10.2. The van der Waals surface area contributed by atoms with Gasteiger partial charge in [-0.15, -0.1) is 11.3 Å². The van der Waals surface area contributed by atoms with Gasteiger partial charge in [0.25, 0.3) is 5.91 Å². The van der Waals surface area contributed by atoms with Crippen molar-refractivity contribution in [2.75, 3.05) is 20.3 Å². The van der Waals surface area contributed by atoms with Crippen molar-refractivity contribution < 1.29 is 19.1 Å². The summed E-state index contributed by atoms with van der Waals surface area (Å²) in [5, 5.41) is 0.834. The third-order valence-corrected chi connectivity index (χ3v) is 5.11. The minimum atomic E-state index is -0.585. The SMILES string of the molecule is CCOc1ccccc1/C=C/C(=O)OCC(=O)N(C)Cc1nc2ccccc2s1. The Morgan fingerprint density at radius 2 is 1.90 bits per heavy atom. The number of carbonyl (C=O) groups is 2. The molecule has 1 heterocycles. The van der Waals surface area contributed by atoms with Crippen LogP contribution < -0.4 is 4.74 Å². The standard InChI is InChI=1S/C22H22N2O4S/c1-3-27-18-10-6-4-8-16(18)12-13-22(26)28-15-21(25)24(2)14-20-23-17-9-5-7-11-19(17)29-20/h4-13H,3,14-15H2,1-2H3/b13-12+. The van der Waals surface area contributed by atoms with Crippen molar-refractivity contribution in [3.63, 3.8) is 0 Å². The number of hydrogen-bond acceptors (Lipinski definition) is 6. The van der Waals surface area contributed by atoms with Gasteiger partial charge in [0, 0.05) is 18.7 Å². The first-order valence-electron chi connectivity index (χ1n) is 9.22. The molecule has 0 saturated carbocycles. The molecule has 1 amide bonds. The molecular formula is C22H22N2O4S. The van der Waals surface area contributed by atoms with Crippen LogP contribution in [0.3, 0.4) is 0 Å². The molecule has 0 spiro atoms. The summed E-state index contributed by atoms with van der Waals surface area (Å²) in [7, 11) is 1.66. The Hall–Kier alpha value is -3.19. The minimum Gasteiger partial charge on any atom is -0.493 e. The van der Waals surface area contributed by atoms with Crippen LogP contribution in [0.25, 0.3) is 16.3 Å². The molecule has 0 bridgehead atoms. The lowest BCUT2D eigenvalue weighted by Crippen LogP contribution is -2.30. The van der Waals surface area contributed by atoms with Gasteiger partial charge in [-0.1, -0.05) is 30.3 Å². The quantitative estimate of drug-likeness (QED) is 0.416. The summed E-state index contributed by atoms with van der Waals surface area (Å²) in [4.78, 5) is 30.2. The smallest absolute Gasteiger partial charge is 0.331 e.